The maximum atomic E-state index is 14.2. The van der Waals surface area contributed by atoms with Crippen LogP contribution in [0, 0.1) is 5.92 Å². The highest BCUT2D eigenvalue weighted by molar-refractivity contribution is 7.98. The first-order chi connectivity index (χ1) is 51.4. The number of rotatable bonds is 49. The molecule has 606 valence electrons. The highest BCUT2D eigenvalue weighted by Crippen LogP contribution is 2.21. The Morgan fingerprint density at radius 2 is 0.991 bits per heavy atom. The summed E-state index contributed by atoms with van der Waals surface area (Å²) in [6.45, 7) is 4.00. The van der Waals surface area contributed by atoms with Crippen LogP contribution in [0.4, 0.5) is 0 Å². The average Bonchev–Trinajstić information content (AvgIpc) is 1.73. The molecular formula is C69H107N17O22S. The van der Waals surface area contributed by atoms with E-state index in [1.54, 1.807) is 62.6 Å². The summed E-state index contributed by atoms with van der Waals surface area (Å²) < 4.78 is 0. The highest BCUT2D eigenvalue weighted by Gasteiger charge is 2.42. The van der Waals surface area contributed by atoms with Crippen LogP contribution in [0.1, 0.15) is 116 Å². The minimum atomic E-state index is -2.00. The van der Waals surface area contributed by atoms with Gasteiger partial charge in [0.25, 0.3) is 0 Å². The molecule has 2 aromatic carbocycles. The topological polar surface area (TPSA) is 646 Å². The number of thioether (sulfide) groups is 1. The van der Waals surface area contributed by atoms with Crippen molar-refractivity contribution in [2.24, 2.45) is 28.9 Å². The molecule has 1 fully saturated rings. The molecule has 40 heteroatoms. The lowest BCUT2D eigenvalue weighted by molar-refractivity contribution is -0.146. The van der Waals surface area contributed by atoms with Crippen LogP contribution in [-0.2, 0) is 89.6 Å². The Balaban J connectivity index is 1.80. The number of primary amides is 2. The fourth-order valence-electron chi connectivity index (χ4n) is 11.1. The summed E-state index contributed by atoms with van der Waals surface area (Å²) in [4.78, 5) is 217. The Morgan fingerprint density at radius 3 is 1.48 bits per heavy atom. The molecule has 0 bridgehead atoms. The largest absolute Gasteiger partial charge is 0.508 e. The number of aliphatic hydroxyl groups is 4. The number of phenols is 1. The number of carboxylic acids is 1. The van der Waals surface area contributed by atoms with Gasteiger partial charge in [-0.05, 0) is 133 Å². The zero-order chi connectivity index (χ0) is 81.8. The molecule has 0 radical (unpaired) electrons. The van der Waals surface area contributed by atoms with Crippen LogP contribution in [0.2, 0.25) is 0 Å². The maximum absolute atomic E-state index is 14.2. The number of aliphatic hydroxyl groups excluding tert-OH is 4. The van der Waals surface area contributed by atoms with Gasteiger partial charge >= 0.3 is 5.97 Å². The van der Waals surface area contributed by atoms with Crippen molar-refractivity contribution in [2.75, 3.05) is 44.9 Å². The Kier molecular flexibility index (Phi) is 40.7. The van der Waals surface area contributed by atoms with Crippen LogP contribution < -0.4 is 86.7 Å². The molecule has 39 nitrogen and oxygen atoms in total. The molecule has 0 saturated carbocycles. The second-order valence-electron chi connectivity index (χ2n) is 26.7. The van der Waals surface area contributed by atoms with Crippen molar-refractivity contribution in [3.63, 3.8) is 0 Å². The van der Waals surface area contributed by atoms with Crippen molar-refractivity contribution < 1.29 is 107 Å². The fraction of sp³-hybridized carbons (Fsp3) is 0.594. The number of nitrogens with one attached hydrogen (secondary N) is 12. The third-order valence-electron chi connectivity index (χ3n) is 17.2. The molecular weight excluding hydrogens is 1450 g/mol. The first-order valence-corrected chi connectivity index (χ1v) is 36.9. The van der Waals surface area contributed by atoms with Crippen molar-refractivity contribution in [1.29, 1.82) is 0 Å². The van der Waals surface area contributed by atoms with Crippen LogP contribution in [-0.4, -0.2) is 266 Å². The summed E-state index contributed by atoms with van der Waals surface area (Å²) in [5.41, 5.74) is 23.7. The smallest absolute Gasteiger partial charge is 0.326 e. The number of amides is 15. The predicted molar refractivity (Wildman–Crippen MR) is 392 cm³/mol. The van der Waals surface area contributed by atoms with Gasteiger partial charge in [0, 0.05) is 25.8 Å². The summed E-state index contributed by atoms with van der Waals surface area (Å²) in [6.07, 6.45) is -3.68. The van der Waals surface area contributed by atoms with Crippen molar-refractivity contribution in [3.8, 4) is 5.75 Å². The van der Waals surface area contributed by atoms with Gasteiger partial charge in [0.15, 0.2) is 0 Å². The van der Waals surface area contributed by atoms with Crippen molar-refractivity contribution >= 4 is 106 Å². The Hall–Kier alpha value is -10.1. The summed E-state index contributed by atoms with van der Waals surface area (Å²) >= 11 is 1.26. The first-order valence-electron chi connectivity index (χ1n) is 35.5. The monoisotopic (exact) mass is 1560 g/mol. The van der Waals surface area contributed by atoms with Crippen molar-refractivity contribution in [1.82, 2.24) is 68.7 Å². The fourth-order valence-corrected chi connectivity index (χ4v) is 11.6. The Bertz CT molecular complexity index is 3430. The van der Waals surface area contributed by atoms with E-state index in [1.807, 2.05) is 0 Å². The van der Waals surface area contributed by atoms with E-state index in [4.69, 9.17) is 22.9 Å². The minimum Gasteiger partial charge on any atom is -0.508 e. The van der Waals surface area contributed by atoms with E-state index in [2.05, 4.69) is 63.8 Å². The summed E-state index contributed by atoms with van der Waals surface area (Å²) in [6, 6.07) is -6.29. The number of likely N-dealkylation sites (tertiary alicyclic amines) is 1. The molecule has 1 saturated heterocycles. The minimum absolute atomic E-state index is 0.0111. The van der Waals surface area contributed by atoms with Gasteiger partial charge in [-0.25, -0.2) is 4.79 Å². The van der Waals surface area contributed by atoms with E-state index in [1.165, 1.54) is 30.8 Å². The molecule has 0 aliphatic carbocycles. The van der Waals surface area contributed by atoms with Crippen molar-refractivity contribution in [2.45, 2.75) is 209 Å². The van der Waals surface area contributed by atoms with Gasteiger partial charge in [-0.15, -0.1) is 0 Å². The number of benzene rings is 2. The van der Waals surface area contributed by atoms with Crippen molar-refractivity contribution in [3.05, 3.63) is 65.7 Å². The van der Waals surface area contributed by atoms with Gasteiger partial charge in [-0.1, -0.05) is 56.3 Å². The number of unbranched alkanes of at least 4 members (excludes halogenated alkanes) is 1. The van der Waals surface area contributed by atoms with Gasteiger partial charge < -0.3 is 122 Å². The summed E-state index contributed by atoms with van der Waals surface area (Å²) in [7, 11) is 0. The number of aliphatic carboxylic acids is 1. The SMILES string of the molecule is CSCC[C@H](NC(=O)[C@H](Cc1ccccc1)NC(=O)CNC(=O)[C@@H](C)NC(=O)[C@@H](N)Cc1ccc(O)cc1)C(=O)N[C@H](C(=O)N[C@@H](CO)C(=O)N[C@@H](CCC(N)=O)C(=O)N[C@@H](CCCCN)C(=O)N[C@@H](CO)C(=O)N[C@@H](CCC(N)=O)C(=O)N[C@H](C(=O)N1CCC[C@H]1C(=O)N[C@@H](CC(C)C)C(=O)O)[C@@H](C)O)[C@@H](C)O. The average molecular weight is 1560 g/mol. The lowest BCUT2D eigenvalue weighted by atomic mass is 10.0. The number of carbonyl (C=O) groups is 16. The number of hydrogen-bond donors (Lipinski definition) is 22. The standard InChI is InChI=1S/C69H107N17O22S/c1-35(2)29-48(69(107)108)81-66(104)51-16-12-27-86(51)68(106)56(38(5)90)85-61(99)45(22-24-53(73)93)79-64(102)49(33-87)82-59(97)43(15-10-11-26-70)77-60(98)44(21-23-52(72)92)78-65(103)50(34-88)83-67(105)55(37(4)89)84-62(100)46(25-28-109-6)80-63(101)47(31-39-13-8-7-9-14-39)76-54(94)32-74-57(95)36(3)75-58(96)42(71)30-40-17-19-41(91)20-18-40/h7-9,13-14,17-20,35-38,42-51,55-56,87-91H,10-12,15-16,21-34,70-71H2,1-6H3,(H2,72,92)(H2,73,93)(H,74,95)(H,75,96)(H,76,94)(H,77,98)(H,78,103)(H,79,102)(H,80,101)(H,81,104)(H,82,97)(H,83,105)(H,84,100)(H,85,99)(H,107,108)/t36-,37-,38-,42+,43+,44+,45+,46+,47+,48+,49+,50+,51+,55+,56+/m1/s1. The predicted octanol–water partition coefficient (Wildman–Crippen LogP) is -7.75. The van der Waals surface area contributed by atoms with Gasteiger partial charge in [-0.2, -0.15) is 11.8 Å². The number of nitrogens with two attached hydrogens (primary N) is 4. The van der Waals surface area contributed by atoms with Crippen LogP contribution in [0.5, 0.6) is 5.75 Å². The normalized spacial score (nSPS) is 16.4. The van der Waals surface area contributed by atoms with Crippen LogP contribution >= 0.6 is 11.8 Å². The van der Waals surface area contributed by atoms with E-state index in [0.717, 1.165) is 18.7 Å². The van der Waals surface area contributed by atoms with E-state index < -0.39 is 231 Å². The summed E-state index contributed by atoms with van der Waals surface area (Å²) in [5.74, 6) is -16.7. The molecule has 15 amide bonds. The van der Waals surface area contributed by atoms with E-state index in [9.17, 15) is 107 Å². The second kappa shape index (κ2) is 47.6. The van der Waals surface area contributed by atoms with Crippen LogP contribution in [0.25, 0.3) is 0 Å². The number of carboxylic acid groups (broad SMARTS) is 1. The Labute approximate surface area is 633 Å². The third kappa shape index (κ3) is 32.7. The van der Waals surface area contributed by atoms with E-state index >= 15 is 0 Å². The second-order valence-corrected chi connectivity index (χ2v) is 27.7. The highest BCUT2D eigenvalue weighted by atomic mass is 32.2. The molecule has 0 aromatic heterocycles. The lowest BCUT2D eigenvalue weighted by Crippen LogP contribution is -2.62. The molecule has 2 aromatic rings. The number of phenolic OH excluding ortho intramolecular Hbond substituents is 1. The number of hydrogen-bond acceptors (Lipinski definition) is 24. The van der Waals surface area contributed by atoms with Gasteiger partial charge in [-0.3, -0.25) is 71.9 Å². The lowest BCUT2D eigenvalue weighted by Gasteiger charge is -2.31. The molecule has 109 heavy (non-hydrogen) atoms. The Morgan fingerprint density at radius 1 is 0.523 bits per heavy atom. The molecule has 0 spiro atoms. The zero-order valence-electron chi connectivity index (χ0n) is 61.7. The molecule has 1 heterocycles. The van der Waals surface area contributed by atoms with Crippen LogP contribution in [0.15, 0.2) is 54.6 Å². The van der Waals surface area contributed by atoms with Crippen LogP contribution in [0.3, 0.4) is 0 Å². The van der Waals surface area contributed by atoms with Gasteiger partial charge in [0.2, 0.25) is 88.6 Å². The number of aromatic hydroxyl groups is 1. The zero-order valence-corrected chi connectivity index (χ0v) is 62.6. The number of carbonyl (C=O) groups excluding carboxylic acids is 15. The molecule has 3 rings (SSSR count). The first kappa shape index (κ1) is 93.1. The molecule has 1 aliphatic rings. The molecule has 15 atom stereocenters. The number of nitrogens with zero attached hydrogens (tertiary/aromatic N) is 1. The van der Waals surface area contributed by atoms with E-state index in [0.29, 0.717) is 11.1 Å². The third-order valence-corrected chi connectivity index (χ3v) is 17.8. The van der Waals surface area contributed by atoms with E-state index in [-0.39, 0.29) is 88.3 Å². The molecule has 1 aliphatic heterocycles. The summed E-state index contributed by atoms with van der Waals surface area (Å²) in [5, 5.41) is 90.4. The quantitative estimate of drug-likeness (QED) is 0.0274. The maximum Gasteiger partial charge on any atom is 0.326 e. The van der Waals surface area contributed by atoms with Gasteiger partial charge in [0.1, 0.15) is 78.3 Å². The molecule has 0 unspecified atom stereocenters. The molecule has 26 N–H and O–H groups in total. The van der Waals surface area contributed by atoms with Gasteiger partial charge in [0.05, 0.1) is 38.0 Å².